The van der Waals surface area contributed by atoms with Gasteiger partial charge in [-0.1, -0.05) is 12.1 Å². The molecule has 6 nitrogen and oxygen atoms in total. The topological polar surface area (TPSA) is 44.6 Å². The monoisotopic (exact) mass is 369 g/mol. The van der Waals surface area contributed by atoms with Gasteiger partial charge in [-0.2, -0.15) is 0 Å². The molecule has 1 aromatic carbocycles. The molecule has 146 valence electrons. The second kappa shape index (κ2) is 7.98. The minimum atomic E-state index is 0.203. The fourth-order valence-electron chi connectivity index (χ4n) is 4.42. The van der Waals surface area contributed by atoms with Crippen molar-refractivity contribution < 1.29 is 4.79 Å². The average Bonchev–Trinajstić information content (AvgIpc) is 3.05. The summed E-state index contributed by atoms with van der Waals surface area (Å²) in [5, 5.41) is 0. The van der Waals surface area contributed by atoms with Crippen LogP contribution < -0.4 is 0 Å². The second-order valence-electron chi connectivity index (χ2n) is 7.94. The summed E-state index contributed by atoms with van der Waals surface area (Å²) in [6.45, 7) is 9.72. The van der Waals surface area contributed by atoms with E-state index in [0.29, 0.717) is 5.91 Å². The molecule has 0 spiro atoms. The summed E-state index contributed by atoms with van der Waals surface area (Å²) in [6, 6.07) is 8.37. The Morgan fingerprint density at radius 3 is 2.48 bits per heavy atom. The molecule has 0 aliphatic carbocycles. The first-order valence-corrected chi connectivity index (χ1v) is 10.3. The summed E-state index contributed by atoms with van der Waals surface area (Å²) in [5.41, 5.74) is 2.30. The number of aryl methyl sites for hydroxylation is 1. The number of likely N-dealkylation sites (N-methyl/N-ethyl adjacent to an activating group) is 1. The molecule has 0 radical (unpaired) electrons. The minimum absolute atomic E-state index is 0.203. The van der Waals surface area contributed by atoms with Crippen molar-refractivity contribution in [3.63, 3.8) is 0 Å². The molecule has 2 fully saturated rings. The molecule has 1 aromatic heterocycles. The fraction of sp³-hybridized carbons (Fsp3) is 0.619. The van der Waals surface area contributed by atoms with Gasteiger partial charge in [-0.15, -0.1) is 0 Å². The van der Waals surface area contributed by atoms with Gasteiger partial charge >= 0.3 is 0 Å². The number of piperazine rings is 1. The van der Waals surface area contributed by atoms with Crippen molar-refractivity contribution in [3.05, 3.63) is 30.1 Å². The molecule has 6 heteroatoms. The van der Waals surface area contributed by atoms with Gasteiger partial charge in [0.05, 0.1) is 17.6 Å². The zero-order valence-corrected chi connectivity index (χ0v) is 16.6. The molecule has 4 rings (SSSR count). The first-order chi connectivity index (χ1) is 13.2. The van der Waals surface area contributed by atoms with Crippen molar-refractivity contribution in [1.82, 2.24) is 24.3 Å². The molecule has 0 atom stereocenters. The van der Waals surface area contributed by atoms with Gasteiger partial charge in [0.2, 0.25) is 5.91 Å². The normalized spacial score (nSPS) is 20.4. The number of benzene rings is 1. The number of para-hydroxylation sites is 2. The van der Waals surface area contributed by atoms with Crippen LogP contribution in [0.15, 0.2) is 24.3 Å². The Morgan fingerprint density at radius 2 is 1.78 bits per heavy atom. The summed E-state index contributed by atoms with van der Waals surface area (Å²) < 4.78 is 2.32. The van der Waals surface area contributed by atoms with Gasteiger partial charge < -0.3 is 14.4 Å². The summed E-state index contributed by atoms with van der Waals surface area (Å²) in [7, 11) is 2.13. The number of rotatable bonds is 4. The van der Waals surface area contributed by atoms with Crippen molar-refractivity contribution in [2.45, 2.75) is 32.9 Å². The first kappa shape index (κ1) is 18.4. The molecule has 2 saturated heterocycles. The average molecular weight is 370 g/mol. The van der Waals surface area contributed by atoms with Crippen LogP contribution in [-0.4, -0.2) is 76.5 Å². The van der Waals surface area contributed by atoms with Crippen LogP contribution in [0.25, 0.3) is 11.0 Å². The molecule has 0 saturated carbocycles. The van der Waals surface area contributed by atoms with Crippen LogP contribution in [0, 0.1) is 5.92 Å². The highest BCUT2D eigenvalue weighted by atomic mass is 16.2. The minimum Gasteiger partial charge on any atom is -0.340 e. The molecule has 2 aromatic rings. The number of carbonyl (C=O) groups is 1. The van der Waals surface area contributed by atoms with E-state index >= 15 is 0 Å². The van der Waals surface area contributed by atoms with E-state index in [1.807, 2.05) is 0 Å². The molecule has 0 unspecified atom stereocenters. The molecular weight excluding hydrogens is 338 g/mol. The number of fused-ring (bicyclic) bond motifs is 1. The summed E-state index contributed by atoms with van der Waals surface area (Å²) >= 11 is 0. The Kier molecular flexibility index (Phi) is 5.45. The lowest BCUT2D eigenvalue weighted by atomic mass is 9.95. The highest BCUT2D eigenvalue weighted by Gasteiger charge is 2.30. The van der Waals surface area contributed by atoms with Crippen LogP contribution >= 0.6 is 0 Å². The number of aromatic nitrogens is 2. The molecule has 3 heterocycles. The van der Waals surface area contributed by atoms with Gasteiger partial charge in [-0.3, -0.25) is 9.69 Å². The Bertz CT molecular complexity index is 785. The van der Waals surface area contributed by atoms with Gasteiger partial charge in [0.25, 0.3) is 0 Å². The zero-order chi connectivity index (χ0) is 18.8. The Balaban J connectivity index is 1.35. The van der Waals surface area contributed by atoms with E-state index in [9.17, 15) is 4.79 Å². The lowest BCUT2D eigenvalue weighted by molar-refractivity contribution is -0.138. The van der Waals surface area contributed by atoms with Crippen LogP contribution in [0.5, 0.6) is 0 Å². The lowest BCUT2D eigenvalue weighted by Crippen LogP contribution is -2.50. The van der Waals surface area contributed by atoms with Gasteiger partial charge in [0.15, 0.2) is 0 Å². The van der Waals surface area contributed by atoms with Crippen molar-refractivity contribution in [1.29, 1.82) is 0 Å². The number of likely N-dealkylation sites (tertiary alicyclic amines) is 1. The predicted molar refractivity (Wildman–Crippen MR) is 107 cm³/mol. The van der Waals surface area contributed by atoms with E-state index in [1.165, 1.54) is 5.52 Å². The standard InChI is InChI=1S/C21H31N5O/c1-3-26-19-7-5-4-6-18(19)22-20(26)16-24-10-8-17(9-11-24)21(27)25-14-12-23(2)13-15-25/h4-7,17H,3,8-16H2,1-2H3. The highest BCUT2D eigenvalue weighted by Crippen LogP contribution is 2.23. The SMILES string of the molecule is CCn1c(CN2CCC(C(=O)N3CCN(C)CC3)CC2)nc2ccccc21. The summed E-state index contributed by atoms with van der Waals surface area (Å²) in [5.74, 6) is 1.72. The third-order valence-electron chi connectivity index (χ3n) is 6.17. The van der Waals surface area contributed by atoms with E-state index in [1.54, 1.807) is 0 Å². The molecule has 0 N–H and O–H groups in total. The van der Waals surface area contributed by atoms with E-state index in [4.69, 9.17) is 4.98 Å². The number of carbonyl (C=O) groups excluding carboxylic acids is 1. The smallest absolute Gasteiger partial charge is 0.225 e. The van der Waals surface area contributed by atoms with Gasteiger partial charge in [-0.05, 0) is 52.0 Å². The quantitative estimate of drug-likeness (QED) is 0.827. The first-order valence-electron chi connectivity index (χ1n) is 10.3. The van der Waals surface area contributed by atoms with Crippen LogP contribution in [0.4, 0.5) is 0 Å². The number of hydrogen-bond donors (Lipinski definition) is 0. The maximum atomic E-state index is 12.8. The third-order valence-corrected chi connectivity index (χ3v) is 6.17. The van der Waals surface area contributed by atoms with Crippen LogP contribution in [-0.2, 0) is 17.9 Å². The largest absolute Gasteiger partial charge is 0.340 e. The molecule has 2 aliphatic rings. The molecule has 1 amide bonds. The number of amides is 1. The Hall–Kier alpha value is -1.92. The second-order valence-corrected chi connectivity index (χ2v) is 7.94. The van der Waals surface area contributed by atoms with Crippen molar-refractivity contribution in [3.8, 4) is 0 Å². The van der Waals surface area contributed by atoms with Gasteiger partial charge in [0.1, 0.15) is 5.82 Å². The number of piperidine rings is 1. The van der Waals surface area contributed by atoms with Crippen LogP contribution in [0.2, 0.25) is 0 Å². The van der Waals surface area contributed by atoms with Gasteiger partial charge in [0, 0.05) is 38.6 Å². The summed E-state index contributed by atoms with van der Waals surface area (Å²) in [4.78, 5) is 24.5. The highest BCUT2D eigenvalue weighted by molar-refractivity contribution is 5.79. The Morgan fingerprint density at radius 1 is 1.07 bits per heavy atom. The van der Waals surface area contributed by atoms with E-state index in [2.05, 4.69) is 57.5 Å². The maximum absolute atomic E-state index is 12.8. The van der Waals surface area contributed by atoms with Crippen molar-refractivity contribution in [2.75, 3.05) is 46.3 Å². The molecular formula is C21H31N5O. The molecule has 0 bridgehead atoms. The van der Waals surface area contributed by atoms with E-state index in [-0.39, 0.29) is 5.92 Å². The van der Waals surface area contributed by atoms with Gasteiger partial charge in [-0.25, -0.2) is 4.98 Å². The van der Waals surface area contributed by atoms with E-state index in [0.717, 1.165) is 76.5 Å². The number of hydrogen-bond acceptors (Lipinski definition) is 4. The van der Waals surface area contributed by atoms with E-state index < -0.39 is 0 Å². The van der Waals surface area contributed by atoms with Crippen molar-refractivity contribution >= 4 is 16.9 Å². The van der Waals surface area contributed by atoms with Crippen molar-refractivity contribution in [2.24, 2.45) is 5.92 Å². The predicted octanol–water partition coefficient (Wildman–Crippen LogP) is 2.04. The summed E-state index contributed by atoms with van der Waals surface area (Å²) in [6.07, 6.45) is 1.94. The van der Waals surface area contributed by atoms with Crippen LogP contribution in [0.3, 0.4) is 0 Å². The lowest BCUT2D eigenvalue weighted by Gasteiger charge is -2.37. The zero-order valence-electron chi connectivity index (χ0n) is 16.6. The molecule has 2 aliphatic heterocycles. The van der Waals surface area contributed by atoms with Crippen LogP contribution in [0.1, 0.15) is 25.6 Å². The molecule has 27 heavy (non-hydrogen) atoms. The fourth-order valence-corrected chi connectivity index (χ4v) is 4.42. The third kappa shape index (κ3) is 3.87. The number of nitrogens with zero attached hydrogens (tertiary/aromatic N) is 5. The number of imidazole rings is 1. The maximum Gasteiger partial charge on any atom is 0.225 e. The Labute approximate surface area is 161 Å².